The SMILES string of the molecule is CC(=O)/C=C/CC1C(=O)N2[C@@H](C(=O)O)C(C)(C)S(=O)(=O)[C@@H]12. The highest BCUT2D eigenvalue weighted by molar-refractivity contribution is 7.93. The quantitative estimate of drug-likeness (QED) is 0.576. The molecule has 3 atom stereocenters. The molecule has 0 saturated carbocycles. The van der Waals surface area contributed by atoms with E-state index in [-0.39, 0.29) is 12.2 Å². The van der Waals surface area contributed by atoms with Crippen LogP contribution in [0.15, 0.2) is 12.2 Å². The third-order valence-corrected chi connectivity index (χ3v) is 7.04. The van der Waals surface area contributed by atoms with E-state index >= 15 is 0 Å². The van der Waals surface area contributed by atoms with Crippen LogP contribution in [-0.2, 0) is 24.2 Å². The Morgan fingerprint density at radius 2 is 1.95 bits per heavy atom. The summed E-state index contributed by atoms with van der Waals surface area (Å²) in [5.74, 6) is -2.82. The lowest BCUT2D eigenvalue weighted by atomic mass is 9.89. The van der Waals surface area contributed by atoms with Gasteiger partial charge in [0.25, 0.3) is 0 Å². The third kappa shape index (κ3) is 2.00. The van der Waals surface area contributed by atoms with Crippen LogP contribution in [-0.4, -0.2) is 52.2 Å². The minimum absolute atomic E-state index is 0.112. The fourth-order valence-corrected chi connectivity index (χ4v) is 5.34. The van der Waals surface area contributed by atoms with Crippen molar-refractivity contribution in [2.24, 2.45) is 5.92 Å². The van der Waals surface area contributed by atoms with E-state index in [1.165, 1.54) is 32.9 Å². The van der Waals surface area contributed by atoms with Crippen molar-refractivity contribution in [3.63, 3.8) is 0 Å². The summed E-state index contributed by atoms with van der Waals surface area (Å²) in [6.07, 6.45) is 2.84. The molecule has 2 saturated heterocycles. The number of ketones is 1. The molecule has 0 spiro atoms. The molecule has 7 nitrogen and oxygen atoms in total. The smallest absolute Gasteiger partial charge is 0.328 e. The van der Waals surface area contributed by atoms with E-state index in [0.717, 1.165) is 4.90 Å². The first kappa shape index (κ1) is 15.7. The number of carboxylic acid groups (broad SMARTS) is 1. The van der Waals surface area contributed by atoms with Gasteiger partial charge in [0.2, 0.25) is 5.91 Å². The van der Waals surface area contributed by atoms with Gasteiger partial charge in [-0.25, -0.2) is 13.2 Å². The van der Waals surface area contributed by atoms with Gasteiger partial charge in [0.15, 0.2) is 15.6 Å². The number of fused-ring (bicyclic) bond motifs is 1. The number of sulfone groups is 1. The fraction of sp³-hybridized carbons (Fsp3) is 0.615. The van der Waals surface area contributed by atoms with Crippen LogP contribution in [0.3, 0.4) is 0 Å². The molecular weight excluding hydrogens is 298 g/mol. The molecule has 0 aromatic rings. The van der Waals surface area contributed by atoms with E-state index in [0.29, 0.717) is 0 Å². The predicted octanol–water partition coefficient (Wildman–Crippen LogP) is -0.0336. The number of carbonyl (C=O) groups is 3. The molecule has 1 unspecified atom stereocenters. The number of nitrogens with zero attached hydrogens (tertiary/aromatic N) is 1. The molecule has 2 aliphatic rings. The van der Waals surface area contributed by atoms with E-state index in [1.54, 1.807) is 0 Å². The summed E-state index contributed by atoms with van der Waals surface area (Å²) in [6, 6.07) is -1.37. The van der Waals surface area contributed by atoms with Crippen LogP contribution in [0, 0.1) is 5.92 Å². The van der Waals surface area contributed by atoms with Gasteiger partial charge in [-0.3, -0.25) is 9.59 Å². The van der Waals surface area contributed by atoms with Gasteiger partial charge in [0, 0.05) is 0 Å². The highest BCUT2D eigenvalue weighted by Gasteiger charge is 2.71. The van der Waals surface area contributed by atoms with Crippen LogP contribution in [0.25, 0.3) is 0 Å². The molecule has 0 aromatic heterocycles. The molecule has 2 rings (SSSR count). The lowest BCUT2D eigenvalue weighted by Crippen LogP contribution is -2.63. The summed E-state index contributed by atoms with van der Waals surface area (Å²) in [7, 11) is -3.79. The maximum atomic E-state index is 12.5. The molecule has 2 aliphatic heterocycles. The maximum absolute atomic E-state index is 12.5. The number of amides is 1. The highest BCUT2D eigenvalue weighted by Crippen LogP contribution is 2.49. The topological polar surface area (TPSA) is 109 Å². The molecule has 0 aromatic carbocycles. The van der Waals surface area contributed by atoms with E-state index in [4.69, 9.17) is 0 Å². The van der Waals surface area contributed by atoms with Gasteiger partial charge in [-0.1, -0.05) is 6.08 Å². The van der Waals surface area contributed by atoms with Crippen molar-refractivity contribution in [1.29, 1.82) is 0 Å². The van der Waals surface area contributed by atoms with E-state index < -0.39 is 43.8 Å². The number of hydrogen-bond acceptors (Lipinski definition) is 5. The zero-order valence-electron chi connectivity index (χ0n) is 11.9. The van der Waals surface area contributed by atoms with Crippen molar-refractivity contribution in [1.82, 2.24) is 4.90 Å². The van der Waals surface area contributed by atoms with Gasteiger partial charge in [0.05, 0.1) is 10.7 Å². The zero-order chi connectivity index (χ0) is 16.2. The monoisotopic (exact) mass is 315 g/mol. The molecule has 1 amide bonds. The van der Waals surface area contributed by atoms with Gasteiger partial charge < -0.3 is 10.0 Å². The molecule has 0 radical (unpaired) electrons. The number of rotatable bonds is 4. The summed E-state index contributed by atoms with van der Waals surface area (Å²) >= 11 is 0. The summed E-state index contributed by atoms with van der Waals surface area (Å²) in [4.78, 5) is 35.2. The number of carbonyl (C=O) groups excluding carboxylic acids is 2. The Morgan fingerprint density at radius 1 is 1.38 bits per heavy atom. The highest BCUT2D eigenvalue weighted by atomic mass is 32.2. The zero-order valence-corrected chi connectivity index (χ0v) is 12.8. The maximum Gasteiger partial charge on any atom is 0.328 e. The first-order valence-electron chi connectivity index (χ1n) is 6.49. The van der Waals surface area contributed by atoms with Crippen molar-refractivity contribution in [2.75, 3.05) is 0 Å². The second-order valence-corrected chi connectivity index (χ2v) is 8.51. The number of β-lactam (4-membered cyclic amide) rings is 1. The van der Waals surface area contributed by atoms with Crippen LogP contribution < -0.4 is 0 Å². The van der Waals surface area contributed by atoms with Gasteiger partial charge in [-0.2, -0.15) is 0 Å². The Labute approximate surface area is 122 Å². The molecule has 1 N–H and O–H groups in total. The fourth-order valence-electron chi connectivity index (χ4n) is 3.01. The normalized spacial score (nSPS) is 32.8. The van der Waals surface area contributed by atoms with Crippen molar-refractivity contribution in [3.8, 4) is 0 Å². The van der Waals surface area contributed by atoms with Crippen molar-refractivity contribution < 1.29 is 27.9 Å². The summed E-state index contributed by atoms with van der Waals surface area (Å²) in [5.41, 5.74) is 0. The largest absolute Gasteiger partial charge is 0.480 e. The lowest BCUT2D eigenvalue weighted by Gasteiger charge is -2.42. The van der Waals surface area contributed by atoms with E-state index in [1.807, 2.05) is 0 Å². The van der Waals surface area contributed by atoms with E-state index in [2.05, 4.69) is 0 Å². The number of aliphatic carboxylic acids is 1. The van der Waals surface area contributed by atoms with E-state index in [9.17, 15) is 27.9 Å². The summed E-state index contributed by atoms with van der Waals surface area (Å²) in [6.45, 7) is 4.01. The number of hydrogen-bond donors (Lipinski definition) is 1. The molecule has 0 bridgehead atoms. The van der Waals surface area contributed by atoms with Gasteiger partial charge in [-0.05, 0) is 33.3 Å². The molecule has 2 heterocycles. The molecule has 116 valence electrons. The second-order valence-electron chi connectivity index (χ2n) is 5.88. The molecule has 21 heavy (non-hydrogen) atoms. The van der Waals surface area contributed by atoms with Crippen molar-refractivity contribution in [3.05, 3.63) is 12.2 Å². The van der Waals surface area contributed by atoms with Gasteiger partial charge >= 0.3 is 5.97 Å². The third-order valence-electron chi connectivity index (χ3n) is 4.15. The Hall–Kier alpha value is -1.70. The number of allylic oxidation sites excluding steroid dienone is 2. The first-order valence-corrected chi connectivity index (χ1v) is 8.03. The average molecular weight is 315 g/mol. The van der Waals surface area contributed by atoms with Crippen molar-refractivity contribution >= 4 is 27.5 Å². The lowest BCUT2D eigenvalue weighted by molar-refractivity contribution is -0.163. The van der Waals surface area contributed by atoms with Gasteiger partial charge in [-0.15, -0.1) is 0 Å². The van der Waals surface area contributed by atoms with Gasteiger partial charge in [0.1, 0.15) is 11.4 Å². The average Bonchev–Trinajstić information content (AvgIpc) is 2.47. The Balaban J connectivity index is 2.34. The minimum atomic E-state index is -3.79. The Bertz CT molecular complexity index is 648. The minimum Gasteiger partial charge on any atom is -0.480 e. The molecule has 2 fully saturated rings. The first-order chi connectivity index (χ1) is 9.53. The summed E-state index contributed by atoms with van der Waals surface area (Å²) < 4.78 is 23.5. The second kappa shape index (κ2) is 4.66. The van der Waals surface area contributed by atoms with Crippen LogP contribution in [0.5, 0.6) is 0 Å². The Kier molecular flexibility index (Phi) is 3.48. The van der Waals surface area contributed by atoms with Crippen LogP contribution in [0.2, 0.25) is 0 Å². The summed E-state index contributed by atoms with van der Waals surface area (Å²) in [5, 5.41) is 8.13. The standard InChI is InChI=1S/C13H17NO6S/c1-7(15)5-4-6-8-10(16)14-9(12(17)18)13(2,3)21(19,20)11(8)14/h4-5,8-9,11H,6H2,1-3H3,(H,17,18)/b5-4+/t8?,9-,11-/m0/s1. The molecule has 0 aliphatic carbocycles. The molecular formula is C13H17NO6S. The van der Waals surface area contributed by atoms with Crippen LogP contribution in [0.1, 0.15) is 27.2 Å². The Morgan fingerprint density at radius 3 is 2.43 bits per heavy atom. The predicted molar refractivity (Wildman–Crippen MR) is 73.0 cm³/mol. The van der Waals surface area contributed by atoms with Crippen molar-refractivity contribution in [2.45, 2.75) is 43.4 Å². The van der Waals surface area contributed by atoms with Crippen LogP contribution >= 0.6 is 0 Å². The number of carboxylic acids is 1. The molecule has 8 heteroatoms. The van der Waals surface area contributed by atoms with Crippen LogP contribution in [0.4, 0.5) is 0 Å².